The number of hydrogen-bond donors (Lipinski definition) is 2. The number of anilines is 2. The fourth-order valence-corrected chi connectivity index (χ4v) is 3.73. The molecule has 160 valence electrons. The molecular formula is C25H21N3O4. The molecule has 3 aromatic carbocycles. The van der Waals surface area contributed by atoms with Crippen molar-refractivity contribution in [2.45, 2.75) is 0 Å². The average Bonchev–Trinajstić information content (AvgIpc) is 3.14. The molecule has 3 aromatic rings. The molecule has 1 aliphatic heterocycles. The minimum Gasteiger partial charge on any atom is -0.465 e. The van der Waals surface area contributed by atoms with Gasteiger partial charge in [-0.25, -0.2) is 4.79 Å². The number of esters is 1. The van der Waals surface area contributed by atoms with Crippen LogP contribution in [0.5, 0.6) is 0 Å². The van der Waals surface area contributed by atoms with Crippen LogP contribution < -0.4 is 16.0 Å². The quantitative estimate of drug-likeness (QED) is 0.479. The molecular weight excluding hydrogens is 406 g/mol. The Morgan fingerprint density at radius 1 is 0.906 bits per heavy atom. The van der Waals surface area contributed by atoms with Gasteiger partial charge in [-0.15, -0.1) is 0 Å². The van der Waals surface area contributed by atoms with Gasteiger partial charge in [0.05, 0.1) is 29.6 Å². The van der Waals surface area contributed by atoms with E-state index < -0.39 is 11.9 Å². The van der Waals surface area contributed by atoms with E-state index in [4.69, 9.17) is 10.5 Å². The van der Waals surface area contributed by atoms with Crippen molar-refractivity contribution in [3.8, 4) is 0 Å². The second-order valence-corrected chi connectivity index (χ2v) is 7.27. The molecule has 1 aliphatic rings. The second kappa shape index (κ2) is 8.39. The van der Waals surface area contributed by atoms with Gasteiger partial charge in [-0.2, -0.15) is 0 Å². The Hall–Kier alpha value is -4.39. The molecule has 1 heterocycles. The molecule has 0 saturated carbocycles. The number of methoxy groups -OCH3 is 1. The SMILES string of the molecule is COC(=O)c1ccc2c(c1)NC(=O)C2=C(c1ccccc1)N(C)c1ccc(C(N)=O)cc1. The maximum Gasteiger partial charge on any atom is 0.337 e. The predicted molar refractivity (Wildman–Crippen MR) is 123 cm³/mol. The molecule has 0 saturated heterocycles. The van der Waals surface area contributed by atoms with E-state index in [0.29, 0.717) is 33.6 Å². The molecule has 0 spiro atoms. The van der Waals surface area contributed by atoms with E-state index in [1.54, 1.807) is 42.5 Å². The Balaban J connectivity index is 1.89. The first-order valence-electron chi connectivity index (χ1n) is 9.88. The normalized spacial score (nSPS) is 13.8. The summed E-state index contributed by atoms with van der Waals surface area (Å²) in [6.07, 6.45) is 0. The molecule has 4 rings (SSSR count). The van der Waals surface area contributed by atoms with Crippen molar-refractivity contribution < 1.29 is 19.1 Å². The lowest BCUT2D eigenvalue weighted by atomic mass is 9.98. The van der Waals surface area contributed by atoms with E-state index in [1.165, 1.54) is 7.11 Å². The molecule has 7 nitrogen and oxygen atoms in total. The van der Waals surface area contributed by atoms with Gasteiger partial charge in [-0.1, -0.05) is 36.4 Å². The number of amides is 2. The lowest BCUT2D eigenvalue weighted by molar-refractivity contribution is -0.110. The topological polar surface area (TPSA) is 102 Å². The van der Waals surface area contributed by atoms with E-state index in [-0.39, 0.29) is 5.91 Å². The van der Waals surface area contributed by atoms with Gasteiger partial charge in [0, 0.05) is 23.9 Å². The molecule has 0 aromatic heterocycles. The van der Waals surface area contributed by atoms with Crippen molar-refractivity contribution in [2.24, 2.45) is 5.73 Å². The summed E-state index contributed by atoms with van der Waals surface area (Å²) in [6, 6.07) is 21.4. The molecule has 2 amide bonds. The average molecular weight is 427 g/mol. The fourth-order valence-electron chi connectivity index (χ4n) is 3.73. The first kappa shape index (κ1) is 20.9. The van der Waals surface area contributed by atoms with Crippen LogP contribution in [-0.4, -0.2) is 31.9 Å². The number of rotatable bonds is 5. The summed E-state index contributed by atoms with van der Waals surface area (Å²) in [7, 11) is 3.16. The van der Waals surface area contributed by atoms with Crippen molar-refractivity contribution >= 4 is 40.4 Å². The highest BCUT2D eigenvalue weighted by Crippen LogP contribution is 2.40. The van der Waals surface area contributed by atoms with E-state index in [0.717, 1.165) is 11.3 Å². The van der Waals surface area contributed by atoms with Crippen LogP contribution >= 0.6 is 0 Å². The Bertz CT molecular complexity index is 1250. The van der Waals surface area contributed by atoms with Gasteiger partial charge in [0.2, 0.25) is 5.91 Å². The Morgan fingerprint density at radius 2 is 1.56 bits per heavy atom. The molecule has 0 aliphatic carbocycles. The zero-order valence-electron chi connectivity index (χ0n) is 17.6. The number of primary amides is 1. The van der Waals surface area contributed by atoms with Crippen molar-refractivity contribution in [1.82, 2.24) is 0 Å². The molecule has 0 bridgehead atoms. The van der Waals surface area contributed by atoms with Gasteiger partial charge in [-0.05, 0) is 42.0 Å². The predicted octanol–water partition coefficient (Wildman–Crippen LogP) is 3.53. The van der Waals surface area contributed by atoms with Crippen molar-refractivity contribution in [2.75, 3.05) is 24.4 Å². The smallest absolute Gasteiger partial charge is 0.337 e. The summed E-state index contributed by atoms with van der Waals surface area (Å²) in [5.74, 6) is -1.26. The largest absolute Gasteiger partial charge is 0.465 e. The number of fused-ring (bicyclic) bond motifs is 1. The first-order chi connectivity index (χ1) is 15.4. The second-order valence-electron chi connectivity index (χ2n) is 7.27. The summed E-state index contributed by atoms with van der Waals surface area (Å²) < 4.78 is 4.78. The zero-order chi connectivity index (χ0) is 22.8. The first-order valence-corrected chi connectivity index (χ1v) is 9.88. The minimum atomic E-state index is -0.508. The van der Waals surface area contributed by atoms with E-state index in [2.05, 4.69) is 5.32 Å². The lowest BCUT2D eigenvalue weighted by Crippen LogP contribution is -2.20. The van der Waals surface area contributed by atoms with Gasteiger partial charge in [0.15, 0.2) is 0 Å². The molecule has 3 N–H and O–H groups in total. The van der Waals surface area contributed by atoms with Gasteiger partial charge in [-0.3, -0.25) is 9.59 Å². The van der Waals surface area contributed by atoms with Crippen molar-refractivity contribution in [3.63, 3.8) is 0 Å². The lowest BCUT2D eigenvalue weighted by Gasteiger charge is -2.25. The van der Waals surface area contributed by atoms with Gasteiger partial charge < -0.3 is 20.7 Å². The van der Waals surface area contributed by atoms with E-state index in [9.17, 15) is 14.4 Å². The fraction of sp³-hybridized carbons (Fsp3) is 0.0800. The zero-order valence-corrected chi connectivity index (χ0v) is 17.6. The third-order valence-corrected chi connectivity index (χ3v) is 5.34. The minimum absolute atomic E-state index is 0.276. The van der Waals surface area contributed by atoms with Crippen LogP contribution in [-0.2, 0) is 9.53 Å². The number of benzene rings is 3. The van der Waals surface area contributed by atoms with Crippen LogP contribution in [0.1, 0.15) is 31.8 Å². The van der Waals surface area contributed by atoms with Crippen LogP contribution in [0.25, 0.3) is 11.3 Å². The third-order valence-electron chi connectivity index (χ3n) is 5.34. The summed E-state index contributed by atoms with van der Waals surface area (Å²) in [4.78, 5) is 38.3. The molecule has 0 atom stereocenters. The highest BCUT2D eigenvalue weighted by atomic mass is 16.5. The van der Waals surface area contributed by atoms with Gasteiger partial charge >= 0.3 is 5.97 Å². The van der Waals surface area contributed by atoms with Gasteiger partial charge in [0.1, 0.15) is 0 Å². The third kappa shape index (κ3) is 3.72. The van der Waals surface area contributed by atoms with Crippen molar-refractivity contribution in [1.29, 1.82) is 0 Å². The van der Waals surface area contributed by atoms with Crippen LogP contribution in [0.15, 0.2) is 72.8 Å². The van der Waals surface area contributed by atoms with Crippen LogP contribution in [0.3, 0.4) is 0 Å². The highest BCUT2D eigenvalue weighted by Gasteiger charge is 2.31. The van der Waals surface area contributed by atoms with Gasteiger partial charge in [0.25, 0.3) is 5.91 Å². The summed E-state index contributed by atoms with van der Waals surface area (Å²) in [5, 5.41) is 2.86. The number of nitrogens with zero attached hydrogens (tertiary/aromatic N) is 1. The van der Waals surface area contributed by atoms with Crippen LogP contribution in [0, 0.1) is 0 Å². The number of ether oxygens (including phenoxy) is 1. The van der Waals surface area contributed by atoms with Crippen LogP contribution in [0.4, 0.5) is 11.4 Å². The molecule has 7 heteroatoms. The number of nitrogens with one attached hydrogen (secondary N) is 1. The number of carbonyl (C=O) groups excluding carboxylic acids is 3. The highest BCUT2D eigenvalue weighted by molar-refractivity contribution is 6.37. The molecule has 32 heavy (non-hydrogen) atoms. The molecule has 0 unspecified atom stereocenters. The Morgan fingerprint density at radius 3 is 2.19 bits per heavy atom. The molecule has 0 radical (unpaired) electrons. The monoisotopic (exact) mass is 427 g/mol. The maximum atomic E-state index is 13.1. The maximum absolute atomic E-state index is 13.1. The summed E-state index contributed by atoms with van der Waals surface area (Å²) in [6.45, 7) is 0. The van der Waals surface area contributed by atoms with E-state index in [1.807, 2.05) is 42.3 Å². The van der Waals surface area contributed by atoms with Crippen LogP contribution in [0.2, 0.25) is 0 Å². The summed E-state index contributed by atoms with van der Waals surface area (Å²) in [5.41, 5.74) is 10.1. The van der Waals surface area contributed by atoms with E-state index >= 15 is 0 Å². The van der Waals surface area contributed by atoms with Crippen molar-refractivity contribution in [3.05, 3.63) is 95.1 Å². The summed E-state index contributed by atoms with van der Waals surface area (Å²) >= 11 is 0. The standard InChI is InChI=1S/C25H21N3O4/c1-28(18-11-8-16(9-12-18)23(26)29)22(15-6-4-3-5-7-15)21-19-13-10-17(25(31)32-2)14-20(19)27-24(21)30/h3-14H,1-2H3,(H2,26,29)(H,27,30). The number of carbonyl (C=O) groups is 3. The molecule has 0 fully saturated rings. The Kier molecular flexibility index (Phi) is 5.47. The number of hydrogen-bond acceptors (Lipinski definition) is 5. The number of nitrogens with two attached hydrogens (primary N) is 1. The Labute approximate surface area is 185 Å².